The first kappa shape index (κ1) is 14.2. The number of amides is 1. The number of carbonyl (C=O) groups excluding carboxylic acids is 1. The predicted octanol–water partition coefficient (Wildman–Crippen LogP) is 0.254. The van der Waals surface area contributed by atoms with Crippen LogP contribution in [-0.4, -0.2) is 53.6 Å². The highest BCUT2D eigenvalue weighted by Crippen LogP contribution is 2.02. The summed E-state index contributed by atoms with van der Waals surface area (Å²) in [6.45, 7) is 1.28. The Morgan fingerprint density at radius 2 is 2.17 bits per heavy atom. The molecule has 1 aromatic heterocycles. The predicted molar refractivity (Wildman–Crippen MR) is 67.6 cm³/mol. The number of hydrogen-bond acceptors (Lipinski definition) is 3. The van der Waals surface area contributed by atoms with Gasteiger partial charge in [-0.25, -0.2) is 0 Å². The maximum absolute atomic E-state index is 11.8. The molecule has 0 aromatic carbocycles. The molecule has 0 aliphatic heterocycles. The third kappa shape index (κ3) is 4.58. The quantitative estimate of drug-likeness (QED) is 0.683. The van der Waals surface area contributed by atoms with Crippen LogP contribution in [0.25, 0.3) is 0 Å². The summed E-state index contributed by atoms with van der Waals surface area (Å²) in [5.41, 5.74) is 0.377. The molecule has 1 rings (SSSR count). The minimum Gasteiger partial charge on any atom is -0.480 e. The molecule has 0 bridgehead atoms. The Hall–Kier alpha value is -1.82. The Labute approximate surface area is 106 Å². The van der Waals surface area contributed by atoms with E-state index in [1.165, 1.54) is 4.57 Å². The van der Waals surface area contributed by atoms with Crippen LogP contribution in [0.3, 0.4) is 0 Å². The molecule has 2 N–H and O–H groups in total. The van der Waals surface area contributed by atoms with Crippen molar-refractivity contribution in [2.45, 2.75) is 13.0 Å². The van der Waals surface area contributed by atoms with Gasteiger partial charge in [0.05, 0.1) is 0 Å². The van der Waals surface area contributed by atoms with Crippen LogP contribution in [0.4, 0.5) is 0 Å². The Morgan fingerprint density at radius 3 is 2.78 bits per heavy atom. The van der Waals surface area contributed by atoms with Crippen LogP contribution in [0.5, 0.6) is 0 Å². The number of hydrogen-bond donors (Lipinski definition) is 2. The second kappa shape index (κ2) is 6.80. The summed E-state index contributed by atoms with van der Waals surface area (Å²) in [6, 6.07) is 3.28. The fourth-order valence-corrected chi connectivity index (χ4v) is 1.59. The lowest BCUT2D eigenvalue weighted by atomic mass is 10.3. The van der Waals surface area contributed by atoms with Crippen molar-refractivity contribution < 1.29 is 14.7 Å². The van der Waals surface area contributed by atoms with Crippen molar-refractivity contribution >= 4 is 11.9 Å². The SMILES string of the molecule is CN(C)CCCNC(=O)c1cccn1CC(=O)O. The van der Waals surface area contributed by atoms with E-state index < -0.39 is 5.97 Å². The minimum atomic E-state index is -0.965. The molecule has 1 heterocycles. The fourth-order valence-electron chi connectivity index (χ4n) is 1.59. The summed E-state index contributed by atoms with van der Waals surface area (Å²) in [4.78, 5) is 24.5. The first-order chi connectivity index (χ1) is 8.50. The number of aromatic nitrogens is 1. The summed E-state index contributed by atoms with van der Waals surface area (Å²) in [5.74, 6) is -1.20. The molecule has 6 heteroatoms. The molecule has 0 fully saturated rings. The van der Waals surface area contributed by atoms with Crippen molar-refractivity contribution in [2.75, 3.05) is 27.2 Å². The van der Waals surface area contributed by atoms with Crippen LogP contribution in [-0.2, 0) is 11.3 Å². The first-order valence-corrected chi connectivity index (χ1v) is 5.80. The Morgan fingerprint density at radius 1 is 1.44 bits per heavy atom. The van der Waals surface area contributed by atoms with Gasteiger partial charge in [0.25, 0.3) is 5.91 Å². The zero-order valence-corrected chi connectivity index (χ0v) is 10.7. The van der Waals surface area contributed by atoms with E-state index in [4.69, 9.17) is 5.11 Å². The lowest BCUT2D eigenvalue weighted by Gasteiger charge is -2.10. The van der Waals surface area contributed by atoms with Crippen LogP contribution >= 0.6 is 0 Å². The Bertz CT molecular complexity index is 412. The second-order valence-corrected chi connectivity index (χ2v) is 4.33. The van der Waals surface area contributed by atoms with E-state index in [1.54, 1.807) is 18.3 Å². The average Bonchev–Trinajstić information content (AvgIpc) is 2.71. The maximum Gasteiger partial charge on any atom is 0.323 e. The number of rotatable bonds is 7. The smallest absolute Gasteiger partial charge is 0.323 e. The minimum absolute atomic E-state index is 0.201. The highest BCUT2D eigenvalue weighted by Gasteiger charge is 2.11. The van der Waals surface area contributed by atoms with Crippen LogP contribution < -0.4 is 5.32 Å². The number of carboxylic acid groups (broad SMARTS) is 1. The molecule has 0 aliphatic rings. The lowest BCUT2D eigenvalue weighted by molar-refractivity contribution is -0.137. The number of nitrogens with one attached hydrogen (secondary N) is 1. The van der Waals surface area contributed by atoms with Gasteiger partial charge in [0.1, 0.15) is 12.2 Å². The molecule has 1 amide bonds. The van der Waals surface area contributed by atoms with E-state index in [-0.39, 0.29) is 12.5 Å². The summed E-state index contributed by atoms with van der Waals surface area (Å²) in [5, 5.41) is 11.5. The van der Waals surface area contributed by atoms with Crippen molar-refractivity contribution in [2.24, 2.45) is 0 Å². The van der Waals surface area contributed by atoms with E-state index in [0.717, 1.165) is 13.0 Å². The molecule has 6 nitrogen and oxygen atoms in total. The van der Waals surface area contributed by atoms with Gasteiger partial charge in [-0.15, -0.1) is 0 Å². The summed E-state index contributed by atoms with van der Waals surface area (Å²) >= 11 is 0. The van der Waals surface area contributed by atoms with Gasteiger partial charge < -0.3 is 19.9 Å². The Balaban J connectivity index is 2.46. The highest BCUT2D eigenvalue weighted by molar-refractivity contribution is 5.93. The van der Waals surface area contributed by atoms with Crippen molar-refractivity contribution in [3.63, 3.8) is 0 Å². The standard InChI is InChI=1S/C12H19N3O3/c1-14(2)7-4-6-13-12(18)10-5-3-8-15(10)9-11(16)17/h3,5,8H,4,6-7,9H2,1-2H3,(H,13,18)(H,16,17). The van der Waals surface area contributed by atoms with E-state index >= 15 is 0 Å². The molecule has 0 radical (unpaired) electrons. The zero-order valence-electron chi connectivity index (χ0n) is 10.7. The van der Waals surface area contributed by atoms with Crippen LogP contribution in [0.2, 0.25) is 0 Å². The lowest BCUT2D eigenvalue weighted by Crippen LogP contribution is -2.29. The number of aliphatic carboxylic acids is 1. The summed E-state index contributed by atoms with van der Waals surface area (Å²) in [7, 11) is 3.94. The van der Waals surface area contributed by atoms with Crippen LogP contribution in [0.15, 0.2) is 18.3 Å². The monoisotopic (exact) mass is 253 g/mol. The van der Waals surface area contributed by atoms with E-state index in [2.05, 4.69) is 5.32 Å². The fraction of sp³-hybridized carbons (Fsp3) is 0.500. The van der Waals surface area contributed by atoms with Crippen molar-refractivity contribution in [3.05, 3.63) is 24.0 Å². The molecule has 100 valence electrons. The largest absolute Gasteiger partial charge is 0.480 e. The number of nitrogens with zero attached hydrogens (tertiary/aromatic N) is 2. The molecule has 0 aliphatic carbocycles. The van der Waals surface area contributed by atoms with Crippen molar-refractivity contribution in [1.82, 2.24) is 14.8 Å². The van der Waals surface area contributed by atoms with Gasteiger partial charge in [-0.05, 0) is 39.2 Å². The number of carboxylic acids is 1. The normalized spacial score (nSPS) is 10.6. The summed E-state index contributed by atoms with van der Waals surface area (Å²) < 4.78 is 1.42. The average molecular weight is 253 g/mol. The van der Waals surface area contributed by atoms with E-state index in [9.17, 15) is 9.59 Å². The molecule has 0 unspecified atom stereocenters. The topological polar surface area (TPSA) is 74.6 Å². The molecular formula is C12H19N3O3. The zero-order chi connectivity index (χ0) is 13.5. The second-order valence-electron chi connectivity index (χ2n) is 4.33. The molecule has 1 aromatic rings. The van der Waals surface area contributed by atoms with Gasteiger partial charge >= 0.3 is 5.97 Å². The van der Waals surface area contributed by atoms with Gasteiger partial charge in [-0.3, -0.25) is 9.59 Å². The van der Waals surface area contributed by atoms with Crippen LogP contribution in [0, 0.1) is 0 Å². The molecule has 18 heavy (non-hydrogen) atoms. The van der Waals surface area contributed by atoms with Crippen molar-refractivity contribution in [1.29, 1.82) is 0 Å². The summed E-state index contributed by atoms with van der Waals surface area (Å²) in [6.07, 6.45) is 2.45. The molecule has 0 saturated heterocycles. The molecular weight excluding hydrogens is 234 g/mol. The molecule has 0 spiro atoms. The third-order valence-corrected chi connectivity index (χ3v) is 2.44. The maximum atomic E-state index is 11.8. The van der Waals surface area contributed by atoms with Gasteiger partial charge in [-0.1, -0.05) is 0 Å². The van der Waals surface area contributed by atoms with Gasteiger partial charge in [0, 0.05) is 12.7 Å². The third-order valence-electron chi connectivity index (χ3n) is 2.44. The Kier molecular flexibility index (Phi) is 5.38. The van der Waals surface area contributed by atoms with Gasteiger partial charge in [-0.2, -0.15) is 0 Å². The van der Waals surface area contributed by atoms with Crippen molar-refractivity contribution in [3.8, 4) is 0 Å². The van der Waals surface area contributed by atoms with Gasteiger partial charge in [0.2, 0.25) is 0 Å². The first-order valence-electron chi connectivity index (χ1n) is 5.80. The highest BCUT2D eigenvalue weighted by atomic mass is 16.4. The van der Waals surface area contributed by atoms with Crippen LogP contribution in [0.1, 0.15) is 16.9 Å². The van der Waals surface area contributed by atoms with Gasteiger partial charge in [0.15, 0.2) is 0 Å². The number of carbonyl (C=O) groups is 2. The molecule has 0 atom stereocenters. The van der Waals surface area contributed by atoms with E-state index in [0.29, 0.717) is 12.2 Å². The molecule has 0 saturated carbocycles. The van der Waals surface area contributed by atoms with E-state index in [1.807, 2.05) is 19.0 Å².